The maximum atomic E-state index is 13.0. The summed E-state index contributed by atoms with van der Waals surface area (Å²) in [6, 6.07) is 0. The van der Waals surface area contributed by atoms with Gasteiger partial charge in [0.2, 0.25) is 0 Å². The average molecular weight is 1330 g/mol. The molecule has 0 radical (unpaired) electrons. The molecule has 3 unspecified atom stereocenters. The van der Waals surface area contributed by atoms with Crippen molar-refractivity contribution in [2.75, 3.05) is 39.6 Å². The second kappa shape index (κ2) is 60.7. The molecule has 0 aromatic carbocycles. The summed E-state index contributed by atoms with van der Waals surface area (Å²) in [5.41, 5.74) is 0. The zero-order valence-electron chi connectivity index (χ0n) is 58.8. The standard InChI is InChI=1S/C71H138O17P2/c1-61(2)47-39-31-23-18-14-12-10-9-11-13-15-20-26-35-43-51-68(73)81-58-67(88-71(76)54-46-38-30-29-34-42-50-64(7)8)60-86-90(79,80)84-56-65(72)55-83-89(77,78)85-59-66(57-82-69(74)52-44-36-28-22-25-33-41-49-63(5)6)87-70(75)53-45-37-27-21-17-16-19-24-32-40-48-62(3)4/h61-67,72H,9-60H2,1-8H3,(H,77,78)(H,79,80)/t65?,66-,67-/m1/s1. The number of aliphatic hydroxyl groups is 1. The lowest BCUT2D eigenvalue weighted by Crippen LogP contribution is -2.30. The van der Waals surface area contributed by atoms with Crippen LogP contribution in [-0.2, 0) is 65.4 Å². The molecule has 0 aromatic rings. The number of esters is 4. The molecule has 0 aliphatic heterocycles. The summed E-state index contributed by atoms with van der Waals surface area (Å²) < 4.78 is 68.2. The number of hydrogen-bond acceptors (Lipinski definition) is 15. The fraction of sp³-hybridized carbons (Fsp3) is 0.944. The third kappa shape index (κ3) is 64.8. The van der Waals surface area contributed by atoms with Crippen molar-refractivity contribution in [3.63, 3.8) is 0 Å². The minimum absolute atomic E-state index is 0.102. The van der Waals surface area contributed by atoms with Gasteiger partial charge < -0.3 is 33.8 Å². The molecule has 0 aliphatic carbocycles. The van der Waals surface area contributed by atoms with E-state index in [9.17, 15) is 43.2 Å². The van der Waals surface area contributed by atoms with Crippen LogP contribution in [0.1, 0.15) is 351 Å². The predicted molar refractivity (Wildman–Crippen MR) is 363 cm³/mol. The van der Waals surface area contributed by atoms with Crippen LogP contribution < -0.4 is 0 Å². The Labute approximate surface area is 549 Å². The van der Waals surface area contributed by atoms with Crippen LogP contribution in [0.15, 0.2) is 0 Å². The smallest absolute Gasteiger partial charge is 0.462 e. The molecule has 19 heteroatoms. The van der Waals surface area contributed by atoms with Gasteiger partial charge in [-0.1, -0.05) is 299 Å². The van der Waals surface area contributed by atoms with E-state index in [2.05, 4.69) is 55.4 Å². The average Bonchev–Trinajstić information content (AvgIpc) is 2.92. The highest BCUT2D eigenvalue weighted by atomic mass is 31.2. The number of carbonyl (C=O) groups excluding carboxylic acids is 4. The first kappa shape index (κ1) is 88.1. The van der Waals surface area contributed by atoms with Crippen LogP contribution in [0.5, 0.6) is 0 Å². The first-order valence-corrected chi connectivity index (χ1v) is 39.7. The van der Waals surface area contributed by atoms with Crippen LogP contribution in [-0.4, -0.2) is 96.7 Å². The zero-order chi connectivity index (χ0) is 66.8. The van der Waals surface area contributed by atoms with Crippen LogP contribution in [0.3, 0.4) is 0 Å². The van der Waals surface area contributed by atoms with Crippen molar-refractivity contribution >= 4 is 39.5 Å². The largest absolute Gasteiger partial charge is 0.472 e. The van der Waals surface area contributed by atoms with Gasteiger partial charge in [0.05, 0.1) is 26.4 Å². The molecule has 534 valence electrons. The maximum Gasteiger partial charge on any atom is 0.472 e. The Kier molecular flexibility index (Phi) is 59.4. The number of rotatable bonds is 68. The van der Waals surface area contributed by atoms with Crippen LogP contribution in [0, 0.1) is 23.7 Å². The molecule has 0 bridgehead atoms. The van der Waals surface area contributed by atoms with E-state index in [4.69, 9.17) is 37.0 Å². The van der Waals surface area contributed by atoms with Gasteiger partial charge >= 0.3 is 39.5 Å². The molecule has 0 saturated heterocycles. The van der Waals surface area contributed by atoms with Crippen molar-refractivity contribution in [2.45, 2.75) is 369 Å². The fourth-order valence-electron chi connectivity index (χ4n) is 10.7. The Bertz CT molecular complexity index is 1780. The quantitative estimate of drug-likeness (QED) is 0.0222. The Morgan fingerprint density at radius 3 is 0.689 bits per heavy atom. The molecule has 0 rings (SSSR count). The number of aliphatic hydroxyl groups excluding tert-OH is 1. The third-order valence-corrected chi connectivity index (χ3v) is 18.2. The highest BCUT2D eigenvalue weighted by Gasteiger charge is 2.30. The molecule has 90 heavy (non-hydrogen) atoms. The van der Waals surface area contributed by atoms with Crippen molar-refractivity contribution < 1.29 is 80.2 Å². The van der Waals surface area contributed by atoms with E-state index < -0.39 is 97.5 Å². The minimum atomic E-state index is -4.95. The molecule has 0 heterocycles. The summed E-state index contributed by atoms with van der Waals surface area (Å²) in [5, 5.41) is 10.6. The Hall–Kier alpha value is -1.94. The number of phosphoric acid groups is 2. The highest BCUT2D eigenvalue weighted by Crippen LogP contribution is 2.45. The topological polar surface area (TPSA) is 237 Å². The number of phosphoric ester groups is 2. The number of hydrogen-bond donors (Lipinski definition) is 3. The Morgan fingerprint density at radius 1 is 0.278 bits per heavy atom. The van der Waals surface area contributed by atoms with E-state index in [0.29, 0.717) is 37.5 Å². The number of unbranched alkanes of at least 4 members (excludes halogenated alkanes) is 34. The van der Waals surface area contributed by atoms with Crippen LogP contribution in [0.2, 0.25) is 0 Å². The van der Waals surface area contributed by atoms with E-state index in [1.807, 2.05) is 0 Å². The number of carbonyl (C=O) groups is 4. The summed E-state index contributed by atoms with van der Waals surface area (Å²) in [6.45, 7) is 14.0. The monoisotopic (exact) mass is 1320 g/mol. The van der Waals surface area contributed by atoms with Crippen molar-refractivity contribution in [1.82, 2.24) is 0 Å². The Morgan fingerprint density at radius 2 is 0.467 bits per heavy atom. The van der Waals surface area contributed by atoms with Gasteiger partial charge in [0.25, 0.3) is 0 Å². The molecular formula is C71H138O17P2. The van der Waals surface area contributed by atoms with Gasteiger partial charge in [-0.05, 0) is 49.4 Å². The van der Waals surface area contributed by atoms with Gasteiger partial charge in [0.15, 0.2) is 12.2 Å². The van der Waals surface area contributed by atoms with Gasteiger partial charge in [-0.15, -0.1) is 0 Å². The molecule has 17 nitrogen and oxygen atoms in total. The van der Waals surface area contributed by atoms with Crippen molar-refractivity contribution in [3.8, 4) is 0 Å². The van der Waals surface area contributed by atoms with Gasteiger partial charge in [-0.2, -0.15) is 0 Å². The van der Waals surface area contributed by atoms with Gasteiger partial charge in [0, 0.05) is 25.7 Å². The van der Waals surface area contributed by atoms with E-state index in [0.717, 1.165) is 108 Å². The molecular weight excluding hydrogens is 1190 g/mol. The third-order valence-electron chi connectivity index (χ3n) is 16.3. The van der Waals surface area contributed by atoms with Gasteiger partial charge in [-0.3, -0.25) is 37.3 Å². The molecule has 0 amide bonds. The Balaban J connectivity index is 5.17. The number of ether oxygens (including phenoxy) is 4. The predicted octanol–water partition coefficient (Wildman–Crippen LogP) is 20.1. The first-order chi connectivity index (χ1) is 43.1. The van der Waals surface area contributed by atoms with Crippen LogP contribution in [0.4, 0.5) is 0 Å². The normalized spacial score (nSPS) is 14.3. The van der Waals surface area contributed by atoms with Gasteiger partial charge in [0.1, 0.15) is 19.3 Å². The lowest BCUT2D eigenvalue weighted by Gasteiger charge is -2.21. The molecule has 0 spiro atoms. The fourth-order valence-corrected chi connectivity index (χ4v) is 12.2. The molecule has 0 saturated carbocycles. The minimum Gasteiger partial charge on any atom is -0.462 e. The van der Waals surface area contributed by atoms with Gasteiger partial charge in [-0.25, -0.2) is 9.13 Å². The van der Waals surface area contributed by atoms with Crippen molar-refractivity contribution in [3.05, 3.63) is 0 Å². The maximum absolute atomic E-state index is 13.0. The highest BCUT2D eigenvalue weighted by molar-refractivity contribution is 7.47. The van der Waals surface area contributed by atoms with Crippen molar-refractivity contribution in [1.29, 1.82) is 0 Å². The van der Waals surface area contributed by atoms with E-state index in [-0.39, 0.29) is 25.7 Å². The summed E-state index contributed by atoms with van der Waals surface area (Å²) in [5.74, 6) is 0.799. The van der Waals surface area contributed by atoms with E-state index in [1.54, 1.807) is 0 Å². The molecule has 5 atom stereocenters. The lowest BCUT2D eigenvalue weighted by molar-refractivity contribution is -0.161. The lowest BCUT2D eigenvalue weighted by atomic mass is 10.0. The molecule has 0 aliphatic rings. The van der Waals surface area contributed by atoms with Crippen LogP contribution >= 0.6 is 15.6 Å². The van der Waals surface area contributed by atoms with E-state index in [1.165, 1.54) is 148 Å². The van der Waals surface area contributed by atoms with E-state index >= 15 is 0 Å². The second-order valence-corrected chi connectivity index (χ2v) is 30.4. The summed E-state index contributed by atoms with van der Waals surface area (Å²) in [4.78, 5) is 72.5. The molecule has 3 N–H and O–H groups in total. The summed E-state index contributed by atoms with van der Waals surface area (Å²) in [6.07, 6.45) is 43.4. The van der Waals surface area contributed by atoms with Crippen LogP contribution in [0.25, 0.3) is 0 Å². The molecule has 0 fully saturated rings. The second-order valence-electron chi connectivity index (χ2n) is 27.5. The molecule has 0 aromatic heterocycles. The van der Waals surface area contributed by atoms with Crippen molar-refractivity contribution in [2.24, 2.45) is 23.7 Å². The summed E-state index contributed by atoms with van der Waals surface area (Å²) >= 11 is 0. The summed E-state index contributed by atoms with van der Waals surface area (Å²) in [7, 11) is -9.90. The SMILES string of the molecule is CC(C)CCCCCCCCCCCCCCCCCC(=O)OC[C@H](COP(=O)(O)OCC(O)COP(=O)(O)OC[C@@H](COC(=O)CCCCCCCCCC(C)C)OC(=O)CCCCCCCCCCCCC(C)C)OC(=O)CCCCCCCCC(C)C. The zero-order valence-corrected chi connectivity index (χ0v) is 60.6. The first-order valence-electron chi connectivity index (χ1n) is 36.7.